The number of rotatable bonds is 4. The third-order valence-corrected chi connectivity index (χ3v) is 4.60. The molecule has 0 spiro atoms. The van der Waals surface area contributed by atoms with Crippen LogP contribution >= 0.6 is 0 Å². The molecule has 0 unspecified atom stereocenters. The van der Waals surface area contributed by atoms with Crippen LogP contribution in [0.1, 0.15) is 5.56 Å². The molecule has 0 aliphatic carbocycles. The molecule has 0 bridgehead atoms. The fourth-order valence-corrected chi connectivity index (χ4v) is 3.16. The van der Waals surface area contributed by atoms with E-state index in [2.05, 4.69) is 14.7 Å². The average molecular weight is 329 g/mol. The minimum atomic E-state index is -3.80. The van der Waals surface area contributed by atoms with E-state index in [-0.39, 0.29) is 5.03 Å². The van der Waals surface area contributed by atoms with Crippen LogP contribution in [0.4, 0.5) is 5.69 Å². The van der Waals surface area contributed by atoms with Crippen molar-refractivity contribution in [3.05, 3.63) is 54.4 Å². The molecule has 23 heavy (non-hydrogen) atoms. The molecule has 2 aromatic heterocycles. The predicted molar refractivity (Wildman–Crippen MR) is 88.1 cm³/mol. The van der Waals surface area contributed by atoms with Crippen LogP contribution in [0.25, 0.3) is 10.9 Å². The van der Waals surface area contributed by atoms with Crippen molar-refractivity contribution in [1.29, 1.82) is 0 Å². The second kappa shape index (κ2) is 5.85. The molecular formula is C16H15N3O3S. The first-order chi connectivity index (χ1) is 11.0. The van der Waals surface area contributed by atoms with Crippen molar-refractivity contribution in [3.63, 3.8) is 0 Å². The molecule has 0 radical (unpaired) electrons. The van der Waals surface area contributed by atoms with Gasteiger partial charge in [0, 0.05) is 23.8 Å². The molecule has 0 saturated carbocycles. The fraction of sp³-hybridized carbons (Fsp3) is 0.125. The summed E-state index contributed by atoms with van der Waals surface area (Å²) in [5.74, 6) is 0.542. The predicted octanol–water partition coefficient (Wildman–Crippen LogP) is 2.75. The average Bonchev–Trinajstić information content (AvgIpc) is 2.54. The lowest BCUT2D eigenvalue weighted by Gasteiger charge is -2.11. The monoisotopic (exact) mass is 329 g/mol. The van der Waals surface area contributed by atoms with Gasteiger partial charge in [-0.3, -0.25) is 9.71 Å². The summed E-state index contributed by atoms with van der Waals surface area (Å²) in [5.41, 5.74) is 1.78. The van der Waals surface area contributed by atoms with Gasteiger partial charge in [0.25, 0.3) is 10.0 Å². The third kappa shape index (κ3) is 3.09. The summed E-state index contributed by atoms with van der Waals surface area (Å²) in [6.45, 7) is 1.84. The van der Waals surface area contributed by atoms with Crippen molar-refractivity contribution in [1.82, 2.24) is 9.97 Å². The number of ether oxygens (including phenoxy) is 1. The smallest absolute Gasteiger partial charge is 0.279 e. The zero-order chi connectivity index (χ0) is 16.4. The minimum absolute atomic E-state index is 0.0463. The Morgan fingerprint density at radius 3 is 2.65 bits per heavy atom. The molecule has 1 N–H and O–H groups in total. The second-order valence-corrected chi connectivity index (χ2v) is 6.66. The van der Waals surface area contributed by atoms with E-state index >= 15 is 0 Å². The van der Waals surface area contributed by atoms with Crippen molar-refractivity contribution >= 4 is 26.6 Å². The normalized spacial score (nSPS) is 11.4. The second-order valence-electron chi connectivity index (χ2n) is 5.03. The van der Waals surface area contributed by atoms with E-state index in [0.29, 0.717) is 17.0 Å². The van der Waals surface area contributed by atoms with E-state index < -0.39 is 10.0 Å². The number of fused-ring (bicyclic) bond motifs is 1. The molecule has 1 aromatic carbocycles. The van der Waals surface area contributed by atoms with Gasteiger partial charge in [-0.25, -0.2) is 4.98 Å². The van der Waals surface area contributed by atoms with Crippen LogP contribution in [0, 0.1) is 6.92 Å². The van der Waals surface area contributed by atoms with E-state index in [1.54, 1.807) is 30.5 Å². The van der Waals surface area contributed by atoms with E-state index in [4.69, 9.17) is 4.74 Å². The quantitative estimate of drug-likeness (QED) is 0.796. The Bertz CT molecular complexity index is 954. The van der Waals surface area contributed by atoms with Gasteiger partial charge in [-0.1, -0.05) is 12.1 Å². The van der Waals surface area contributed by atoms with Crippen LogP contribution in [0.2, 0.25) is 0 Å². The standard InChI is InChI=1S/C16H15N3O3S/c1-11-5-6-15(18-10-11)23(20,21)19-14-9-13(22-2)8-12-4-3-7-17-16(12)14/h3-10,19H,1-2H3. The third-order valence-electron chi connectivity index (χ3n) is 3.32. The van der Waals surface area contributed by atoms with E-state index in [0.717, 1.165) is 10.9 Å². The first kappa shape index (κ1) is 15.2. The van der Waals surface area contributed by atoms with Crippen LogP contribution < -0.4 is 9.46 Å². The number of hydrogen-bond donors (Lipinski definition) is 1. The minimum Gasteiger partial charge on any atom is -0.497 e. The highest BCUT2D eigenvalue weighted by atomic mass is 32.2. The van der Waals surface area contributed by atoms with Gasteiger partial charge in [-0.15, -0.1) is 0 Å². The Morgan fingerprint density at radius 1 is 1.13 bits per heavy atom. The summed E-state index contributed by atoms with van der Waals surface area (Å²) in [6, 6.07) is 10.2. The van der Waals surface area contributed by atoms with Crippen molar-refractivity contribution in [2.45, 2.75) is 11.9 Å². The van der Waals surface area contributed by atoms with Crippen LogP contribution in [0.3, 0.4) is 0 Å². The summed E-state index contributed by atoms with van der Waals surface area (Å²) in [4.78, 5) is 8.21. The summed E-state index contributed by atoms with van der Waals surface area (Å²) in [7, 11) is -2.28. The SMILES string of the molecule is COc1cc(NS(=O)(=O)c2ccc(C)cn2)c2ncccc2c1. The molecule has 7 heteroatoms. The summed E-state index contributed by atoms with van der Waals surface area (Å²) < 4.78 is 32.8. The highest BCUT2D eigenvalue weighted by molar-refractivity contribution is 7.92. The molecule has 2 heterocycles. The summed E-state index contributed by atoms with van der Waals surface area (Å²) in [5, 5.41) is 0.733. The Labute approximate surface area is 134 Å². The maximum atomic E-state index is 12.5. The van der Waals surface area contributed by atoms with Crippen molar-refractivity contribution < 1.29 is 13.2 Å². The molecule has 0 fully saturated rings. The van der Waals surface area contributed by atoms with Gasteiger partial charge in [0.15, 0.2) is 5.03 Å². The lowest BCUT2D eigenvalue weighted by molar-refractivity contribution is 0.415. The van der Waals surface area contributed by atoms with Gasteiger partial charge >= 0.3 is 0 Å². The fourth-order valence-electron chi connectivity index (χ4n) is 2.17. The van der Waals surface area contributed by atoms with E-state index in [9.17, 15) is 8.42 Å². The van der Waals surface area contributed by atoms with Crippen LogP contribution in [0.15, 0.2) is 53.8 Å². The number of anilines is 1. The maximum Gasteiger partial charge on any atom is 0.279 e. The van der Waals surface area contributed by atoms with E-state index in [1.807, 2.05) is 13.0 Å². The lowest BCUT2D eigenvalue weighted by atomic mass is 10.2. The van der Waals surface area contributed by atoms with Gasteiger partial charge in [0.05, 0.1) is 18.3 Å². The zero-order valence-corrected chi connectivity index (χ0v) is 13.5. The number of pyridine rings is 2. The van der Waals surface area contributed by atoms with E-state index in [1.165, 1.54) is 19.4 Å². The Balaban J connectivity index is 2.08. The van der Waals surface area contributed by atoms with Crippen LogP contribution in [-0.2, 0) is 10.0 Å². The molecule has 0 saturated heterocycles. The molecule has 3 rings (SSSR count). The highest BCUT2D eigenvalue weighted by Crippen LogP contribution is 2.29. The van der Waals surface area contributed by atoms with Crippen molar-refractivity contribution in [2.75, 3.05) is 11.8 Å². The molecule has 6 nitrogen and oxygen atoms in total. The Hall–Kier alpha value is -2.67. The number of aryl methyl sites for hydroxylation is 1. The largest absolute Gasteiger partial charge is 0.497 e. The summed E-state index contributed by atoms with van der Waals surface area (Å²) >= 11 is 0. The van der Waals surface area contributed by atoms with Gasteiger partial charge in [-0.05, 0) is 30.7 Å². The molecule has 0 aliphatic heterocycles. The van der Waals surface area contributed by atoms with Crippen LogP contribution in [-0.4, -0.2) is 25.5 Å². The number of benzene rings is 1. The van der Waals surface area contributed by atoms with Crippen molar-refractivity contribution in [3.8, 4) is 5.75 Å². The zero-order valence-electron chi connectivity index (χ0n) is 12.6. The first-order valence-electron chi connectivity index (χ1n) is 6.88. The molecule has 0 aliphatic rings. The summed E-state index contributed by atoms with van der Waals surface area (Å²) in [6.07, 6.45) is 3.12. The number of sulfonamides is 1. The molecule has 0 atom stereocenters. The number of hydrogen-bond acceptors (Lipinski definition) is 5. The number of nitrogens with one attached hydrogen (secondary N) is 1. The topological polar surface area (TPSA) is 81.2 Å². The number of nitrogens with zero attached hydrogens (tertiary/aromatic N) is 2. The molecule has 118 valence electrons. The molecule has 0 amide bonds. The first-order valence-corrected chi connectivity index (χ1v) is 8.36. The van der Waals surface area contributed by atoms with Gasteiger partial charge in [0.1, 0.15) is 5.75 Å². The van der Waals surface area contributed by atoms with Gasteiger partial charge in [0.2, 0.25) is 0 Å². The van der Waals surface area contributed by atoms with Crippen LogP contribution in [0.5, 0.6) is 5.75 Å². The van der Waals surface area contributed by atoms with Gasteiger partial charge < -0.3 is 4.74 Å². The maximum absolute atomic E-state index is 12.5. The Kier molecular flexibility index (Phi) is 3.87. The highest BCUT2D eigenvalue weighted by Gasteiger charge is 2.18. The van der Waals surface area contributed by atoms with Crippen molar-refractivity contribution in [2.24, 2.45) is 0 Å². The number of methoxy groups -OCH3 is 1. The number of aromatic nitrogens is 2. The lowest BCUT2D eigenvalue weighted by Crippen LogP contribution is -2.15. The van der Waals surface area contributed by atoms with Gasteiger partial charge in [-0.2, -0.15) is 8.42 Å². The molecule has 3 aromatic rings. The molecular weight excluding hydrogens is 314 g/mol. The Morgan fingerprint density at radius 2 is 1.96 bits per heavy atom.